The van der Waals surface area contributed by atoms with Gasteiger partial charge in [0.05, 0.1) is 0 Å². The van der Waals surface area contributed by atoms with Crippen LogP contribution in [0.5, 0.6) is 0 Å². The molecule has 0 aromatic heterocycles. The summed E-state index contributed by atoms with van der Waals surface area (Å²) in [4.78, 5) is 2.41. The summed E-state index contributed by atoms with van der Waals surface area (Å²) in [5, 5.41) is 0. The molecule has 86 valence electrons. The van der Waals surface area contributed by atoms with Crippen molar-refractivity contribution in [1.82, 2.24) is 4.90 Å². The Bertz CT molecular complexity index is 382. The van der Waals surface area contributed by atoms with Crippen molar-refractivity contribution in [2.45, 2.75) is 26.2 Å². The van der Waals surface area contributed by atoms with Crippen LogP contribution in [0.15, 0.2) is 47.1 Å². The molecule has 2 aliphatic rings. The molecule has 1 nitrogen and oxygen atoms in total. The summed E-state index contributed by atoms with van der Waals surface area (Å²) < 4.78 is 0. The summed E-state index contributed by atoms with van der Waals surface area (Å²) in [6.45, 7) is 8.47. The molecule has 1 aliphatic carbocycles. The lowest BCUT2D eigenvalue weighted by Crippen LogP contribution is -2.26. The van der Waals surface area contributed by atoms with Crippen LogP contribution in [-0.4, -0.2) is 25.0 Å². The fourth-order valence-corrected chi connectivity index (χ4v) is 2.65. The van der Waals surface area contributed by atoms with E-state index in [4.69, 9.17) is 0 Å². The Hall–Kier alpha value is -1.08. The predicted octanol–water partition coefficient (Wildman–Crippen LogP) is 3.47. The minimum atomic E-state index is 1.11. The number of hydrogen-bond donors (Lipinski definition) is 0. The van der Waals surface area contributed by atoms with Gasteiger partial charge in [0.2, 0.25) is 0 Å². The van der Waals surface area contributed by atoms with E-state index in [-0.39, 0.29) is 0 Å². The zero-order valence-electron chi connectivity index (χ0n) is 10.4. The van der Waals surface area contributed by atoms with Crippen LogP contribution < -0.4 is 0 Å². The van der Waals surface area contributed by atoms with Crippen molar-refractivity contribution in [3.8, 4) is 0 Å². The van der Waals surface area contributed by atoms with Gasteiger partial charge < -0.3 is 4.90 Å². The molecule has 0 aromatic carbocycles. The Labute approximate surface area is 98.8 Å². The zero-order valence-corrected chi connectivity index (χ0v) is 10.4. The van der Waals surface area contributed by atoms with Crippen molar-refractivity contribution < 1.29 is 0 Å². The summed E-state index contributed by atoms with van der Waals surface area (Å²) in [6.07, 6.45) is 10.0. The molecule has 1 heterocycles. The fraction of sp³-hybridized carbons (Fsp3) is 0.467. The van der Waals surface area contributed by atoms with Gasteiger partial charge in [0.15, 0.2) is 0 Å². The van der Waals surface area contributed by atoms with E-state index in [1.54, 1.807) is 11.1 Å². The van der Waals surface area contributed by atoms with Crippen molar-refractivity contribution in [3.63, 3.8) is 0 Å². The van der Waals surface area contributed by atoms with Crippen LogP contribution in [0, 0.1) is 0 Å². The third kappa shape index (κ3) is 2.05. The Morgan fingerprint density at radius 3 is 2.94 bits per heavy atom. The molecule has 1 aliphatic heterocycles. The first kappa shape index (κ1) is 11.4. The van der Waals surface area contributed by atoms with E-state index >= 15 is 0 Å². The molecular weight excluding hydrogens is 194 g/mol. The van der Waals surface area contributed by atoms with Gasteiger partial charge >= 0.3 is 0 Å². The molecule has 0 radical (unpaired) electrons. The number of hydrogen-bond acceptors (Lipinski definition) is 1. The fourth-order valence-electron chi connectivity index (χ4n) is 2.65. The van der Waals surface area contributed by atoms with Gasteiger partial charge in [-0.05, 0) is 48.6 Å². The molecule has 0 saturated heterocycles. The third-order valence-electron chi connectivity index (χ3n) is 3.46. The van der Waals surface area contributed by atoms with Crippen LogP contribution in [-0.2, 0) is 0 Å². The minimum absolute atomic E-state index is 1.11. The molecule has 0 saturated carbocycles. The second kappa shape index (κ2) is 4.84. The van der Waals surface area contributed by atoms with Gasteiger partial charge in [-0.3, -0.25) is 0 Å². The van der Waals surface area contributed by atoms with Gasteiger partial charge in [-0.2, -0.15) is 0 Å². The second-order valence-corrected chi connectivity index (χ2v) is 4.70. The van der Waals surface area contributed by atoms with Crippen molar-refractivity contribution >= 4 is 0 Å². The molecule has 0 atom stereocenters. The van der Waals surface area contributed by atoms with Gasteiger partial charge in [-0.25, -0.2) is 0 Å². The molecule has 0 amide bonds. The molecule has 16 heavy (non-hydrogen) atoms. The maximum atomic E-state index is 3.97. The monoisotopic (exact) mass is 215 g/mol. The normalized spacial score (nSPS) is 22.1. The highest BCUT2D eigenvalue weighted by Crippen LogP contribution is 2.38. The van der Waals surface area contributed by atoms with Gasteiger partial charge in [0.1, 0.15) is 0 Å². The Balaban J connectivity index is 2.25. The van der Waals surface area contributed by atoms with Gasteiger partial charge in [-0.1, -0.05) is 31.7 Å². The molecule has 2 rings (SSSR count). The maximum absolute atomic E-state index is 3.97. The van der Waals surface area contributed by atoms with E-state index in [0.29, 0.717) is 0 Å². The van der Waals surface area contributed by atoms with Crippen molar-refractivity contribution in [2.75, 3.05) is 20.1 Å². The lowest BCUT2D eigenvalue weighted by atomic mass is 9.98. The first-order valence-electron chi connectivity index (χ1n) is 6.18. The molecule has 0 aromatic rings. The largest absolute Gasteiger partial charge is 0.302 e. The number of rotatable bonds is 3. The van der Waals surface area contributed by atoms with E-state index in [0.717, 1.165) is 19.4 Å². The summed E-state index contributed by atoms with van der Waals surface area (Å²) in [5.74, 6) is 0. The molecule has 0 unspecified atom stereocenters. The standard InChI is InChI=1S/C15H21N/c1-4-6-7-12-10-13-11-16(3)9-8-15(13)14(12)5-2/h5-7H,2,4,8-11H2,1,3H3/b7-6-. The Kier molecular flexibility index (Phi) is 3.45. The summed E-state index contributed by atoms with van der Waals surface area (Å²) in [7, 11) is 2.21. The van der Waals surface area contributed by atoms with E-state index in [1.165, 1.54) is 24.1 Å². The highest BCUT2D eigenvalue weighted by atomic mass is 15.1. The average molecular weight is 215 g/mol. The number of nitrogens with zero attached hydrogens (tertiary/aromatic N) is 1. The van der Waals surface area contributed by atoms with Crippen LogP contribution in [0.25, 0.3) is 0 Å². The van der Waals surface area contributed by atoms with Crippen LogP contribution >= 0.6 is 0 Å². The van der Waals surface area contributed by atoms with E-state index in [1.807, 2.05) is 6.08 Å². The lowest BCUT2D eigenvalue weighted by molar-refractivity contribution is 0.349. The topological polar surface area (TPSA) is 3.24 Å². The quantitative estimate of drug-likeness (QED) is 0.696. The molecule has 0 bridgehead atoms. The molecule has 0 N–H and O–H groups in total. The van der Waals surface area contributed by atoms with E-state index < -0.39 is 0 Å². The van der Waals surface area contributed by atoms with Crippen molar-refractivity contribution in [2.24, 2.45) is 0 Å². The summed E-state index contributed by atoms with van der Waals surface area (Å²) in [6, 6.07) is 0. The Morgan fingerprint density at radius 1 is 1.44 bits per heavy atom. The van der Waals surface area contributed by atoms with Crippen LogP contribution in [0.3, 0.4) is 0 Å². The molecular formula is C15H21N. The highest BCUT2D eigenvalue weighted by Gasteiger charge is 2.25. The number of allylic oxidation sites excluding steroid dienone is 5. The Morgan fingerprint density at radius 2 is 2.25 bits per heavy atom. The molecule has 0 fully saturated rings. The zero-order chi connectivity index (χ0) is 11.5. The van der Waals surface area contributed by atoms with Crippen LogP contribution in [0.1, 0.15) is 26.2 Å². The minimum Gasteiger partial charge on any atom is -0.302 e. The first-order valence-corrected chi connectivity index (χ1v) is 6.18. The molecule has 1 heteroatoms. The predicted molar refractivity (Wildman–Crippen MR) is 70.4 cm³/mol. The SMILES string of the molecule is C=CC1=C(/C=C\CC)CC2=C1CCN(C)C2. The van der Waals surface area contributed by atoms with Gasteiger partial charge in [0, 0.05) is 13.1 Å². The average Bonchev–Trinajstić information content (AvgIpc) is 2.62. The van der Waals surface area contributed by atoms with Crippen molar-refractivity contribution in [3.05, 3.63) is 47.1 Å². The lowest BCUT2D eigenvalue weighted by Gasteiger charge is -2.24. The van der Waals surface area contributed by atoms with E-state index in [2.05, 4.69) is 37.6 Å². The second-order valence-electron chi connectivity index (χ2n) is 4.70. The van der Waals surface area contributed by atoms with E-state index in [9.17, 15) is 0 Å². The van der Waals surface area contributed by atoms with Crippen LogP contribution in [0.2, 0.25) is 0 Å². The van der Waals surface area contributed by atoms with Crippen LogP contribution in [0.4, 0.5) is 0 Å². The first-order chi connectivity index (χ1) is 7.76. The summed E-state index contributed by atoms with van der Waals surface area (Å²) in [5.41, 5.74) is 6.06. The smallest absolute Gasteiger partial charge is 0.0199 e. The summed E-state index contributed by atoms with van der Waals surface area (Å²) >= 11 is 0. The van der Waals surface area contributed by atoms with Crippen molar-refractivity contribution in [1.29, 1.82) is 0 Å². The van der Waals surface area contributed by atoms with Gasteiger partial charge in [-0.15, -0.1) is 0 Å². The maximum Gasteiger partial charge on any atom is 0.0199 e. The third-order valence-corrected chi connectivity index (χ3v) is 3.46. The number of likely N-dealkylation sites (N-methyl/N-ethyl adjacent to an activating group) is 1. The molecule has 0 spiro atoms. The van der Waals surface area contributed by atoms with Gasteiger partial charge in [0.25, 0.3) is 0 Å². The highest BCUT2D eigenvalue weighted by molar-refractivity contribution is 5.56.